The van der Waals surface area contributed by atoms with Crippen LogP contribution in [-0.4, -0.2) is 23.0 Å². The van der Waals surface area contributed by atoms with Crippen LogP contribution in [-0.2, 0) is 0 Å². The number of nitrogen functional groups attached to an aromatic ring is 1. The fraction of sp³-hybridized carbons (Fsp3) is 0.167. The SMILES string of the molecule is COc1ccc(Br)cc1C=Nn1cc(C)nc1N. The molecule has 2 rings (SSSR count). The van der Waals surface area contributed by atoms with Crippen LogP contribution in [0.5, 0.6) is 5.75 Å². The lowest BCUT2D eigenvalue weighted by Crippen LogP contribution is -1.98. The van der Waals surface area contributed by atoms with Crippen molar-refractivity contribution in [2.45, 2.75) is 6.92 Å². The Bertz CT molecular complexity index is 592. The van der Waals surface area contributed by atoms with E-state index in [1.807, 2.05) is 25.1 Å². The molecule has 18 heavy (non-hydrogen) atoms. The number of halogens is 1. The summed E-state index contributed by atoms with van der Waals surface area (Å²) < 4.78 is 7.74. The second-order valence-corrected chi connectivity index (χ2v) is 4.63. The first-order chi connectivity index (χ1) is 8.60. The van der Waals surface area contributed by atoms with Crippen LogP contribution in [0.1, 0.15) is 11.3 Å². The normalized spacial score (nSPS) is 11.1. The van der Waals surface area contributed by atoms with Gasteiger partial charge in [-0.15, -0.1) is 0 Å². The summed E-state index contributed by atoms with van der Waals surface area (Å²) in [6, 6.07) is 5.70. The number of rotatable bonds is 3. The maximum absolute atomic E-state index is 5.70. The smallest absolute Gasteiger partial charge is 0.221 e. The van der Waals surface area contributed by atoms with Crippen LogP contribution >= 0.6 is 15.9 Å². The molecule has 0 saturated heterocycles. The van der Waals surface area contributed by atoms with Crippen molar-refractivity contribution in [2.24, 2.45) is 5.10 Å². The monoisotopic (exact) mass is 308 g/mol. The van der Waals surface area contributed by atoms with Crippen molar-refractivity contribution in [3.8, 4) is 5.75 Å². The van der Waals surface area contributed by atoms with Crippen LogP contribution in [0.15, 0.2) is 34.0 Å². The molecule has 2 aromatic rings. The second kappa shape index (κ2) is 5.22. The Morgan fingerprint density at radius 1 is 1.50 bits per heavy atom. The number of imidazole rings is 1. The van der Waals surface area contributed by atoms with Crippen LogP contribution in [0, 0.1) is 6.92 Å². The van der Waals surface area contributed by atoms with Gasteiger partial charge >= 0.3 is 0 Å². The molecule has 6 heteroatoms. The molecule has 0 amide bonds. The molecule has 0 spiro atoms. The van der Waals surface area contributed by atoms with E-state index in [0.717, 1.165) is 21.5 Å². The highest BCUT2D eigenvalue weighted by Gasteiger charge is 2.02. The number of hydrogen-bond acceptors (Lipinski definition) is 4. The van der Waals surface area contributed by atoms with Gasteiger partial charge in [-0.1, -0.05) is 15.9 Å². The third-order valence-corrected chi connectivity index (χ3v) is 2.84. The summed E-state index contributed by atoms with van der Waals surface area (Å²) in [7, 11) is 1.62. The Morgan fingerprint density at radius 2 is 2.28 bits per heavy atom. The third kappa shape index (κ3) is 2.70. The first kappa shape index (κ1) is 12.6. The fourth-order valence-corrected chi connectivity index (χ4v) is 1.91. The Kier molecular flexibility index (Phi) is 3.66. The molecular formula is C12H13BrN4O. The predicted molar refractivity (Wildman–Crippen MR) is 75.1 cm³/mol. The van der Waals surface area contributed by atoms with Gasteiger partial charge in [0.05, 0.1) is 25.2 Å². The number of aromatic nitrogens is 2. The molecule has 5 nitrogen and oxygen atoms in total. The van der Waals surface area contributed by atoms with Gasteiger partial charge in [-0.3, -0.25) is 0 Å². The summed E-state index contributed by atoms with van der Waals surface area (Å²) >= 11 is 3.41. The second-order valence-electron chi connectivity index (χ2n) is 3.72. The van der Waals surface area contributed by atoms with Gasteiger partial charge in [-0.2, -0.15) is 5.10 Å². The maximum atomic E-state index is 5.70. The quantitative estimate of drug-likeness (QED) is 0.886. The third-order valence-electron chi connectivity index (χ3n) is 2.35. The standard InChI is InChI=1S/C12H13BrN4O/c1-8-7-17(12(14)16-8)15-6-9-5-10(13)3-4-11(9)18-2/h3-7H,1-2H3,(H2,14,16). The summed E-state index contributed by atoms with van der Waals surface area (Å²) in [5.41, 5.74) is 7.39. The van der Waals surface area contributed by atoms with Crippen molar-refractivity contribution in [1.29, 1.82) is 0 Å². The Labute approximate surface area is 113 Å². The summed E-state index contributed by atoms with van der Waals surface area (Å²) in [6.45, 7) is 1.86. The van der Waals surface area contributed by atoms with E-state index in [4.69, 9.17) is 10.5 Å². The van der Waals surface area contributed by atoms with E-state index in [1.165, 1.54) is 4.68 Å². The average molecular weight is 309 g/mol. The first-order valence-electron chi connectivity index (χ1n) is 5.29. The van der Waals surface area contributed by atoms with Gasteiger partial charge in [0.1, 0.15) is 5.75 Å². The highest BCUT2D eigenvalue weighted by molar-refractivity contribution is 9.10. The maximum Gasteiger partial charge on any atom is 0.221 e. The molecule has 1 aromatic carbocycles. The highest BCUT2D eigenvalue weighted by Crippen LogP contribution is 2.21. The van der Waals surface area contributed by atoms with Gasteiger partial charge < -0.3 is 10.5 Å². The molecule has 0 radical (unpaired) electrons. The number of nitrogens with zero attached hydrogens (tertiary/aromatic N) is 3. The Hall–Kier alpha value is -1.82. The van der Waals surface area contributed by atoms with E-state index < -0.39 is 0 Å². The molecule has 0 saturated carbocycles. The molecule has 2 N–H and O–H groups in total. The van der Waals surface area contributed by atoms with Crippen molar-refractivity contribution >= 4 is 28.1 Å². The van der Waals surface area contributed by atoms with Gasteiger partial charge in [0.25, 0.3) is 0 Å². The van der Waals surface area contributed by atoms with E-state index in [9.17, 15) is 0 Å². The summed E-state index contributed by atoms with van der Waals surface area (Å²) in [6.07, 6.45) is 3.44. The molecule has 0 unspecified atom stereocenters. The summed E-state index contributed by atoms with van der Waals surface area (Å²) in [5, 5.41) is 4.25. The van der Waals surface area contributed by atoms with Crippen LogP contribution in [0.25, 0.3) is 0 Å². The zero-order valence-corrected chi connectivity index (χ0v) is 11.7. The lowest BCUT2D eigenvalue weighted by Gasteiger charge is -2.04. The topological polar surface area (TPSA) is 65.4 Å². The van der Waals surface area contributed by atoms with Crippen molar-refractivity contribution in [3.63, 3.8) is 0 Å². The zero-order chi connectivity index (χ0) is 13.1. The average Bonchev–Trinajstić information content (AvgIpc) is 2.65. The Morgan fingerprint density at radius 3 is 2.89 bits per heavy atom. The molecule has 94 valence electrons. The largest absolute Gasteiger partial charge is 0.496 e. The number of ether oxygens (including phenoxy) is 1. The first-order valence-corrected chi connectivity index (χ1v) is 6.09. The zero-order valence-electron chi connectivity index (χ0n) is 10.1. The molecule has 0 fully saturated rings. The van der Waals surface area contributed by atoms with Gasteiger partial charge in [-0.25, -0.2) is 9.66 Å². The van der Waals surface area contributed by atoms with Crippen LogP contribution < -0.4 is 10.5 Å². The molecule has 1 heterocycles. The van der Waals surface area contributed by atoms with Crippen LogP contribution in [0.4, 0.5) is 5.95 Å². The number of aryl methyl sites for hydroxylation is 1. The number of benzene rings is 1. The molecule has 0 bridgehead atoms. The lowest BCUT2D eigenvalue weighted by atomic mass is 10.2. The number of methoxy groups -OCH3 is 1. The molecule has 0 atom stereocenters. The molecular weight excluding hydrogens is 296 g/mol. The number of nitrogens with two attached hydrogens (primary N) is 1. The number of hydrogen-bond donors (Lipinski definition) is 1. The van der Waals surface area contributed by atoms with Crippen molar-refractivity contribution < 1.29 is 4.74 Å². The van der Waals surface area contributed by atoms with E-state index in [1.54, 1.807) is 19.5 Å². The molecule has 0 aliphatic heterocycles. The van der Waals surface area contributed by atoms with E-state index in [0.29, 0.717) is 5.95 Å². The van der Waals surface area contributed by atoms with Crippen molar-refractivity contribution in [2.75, 3.05) is 12.8 Å². The van der Waals surface area contributed by atoms with Gasteiger partial charge in [0.15, 0.2) is 0 Å². The minimum atomic E-state index is 0.359. The van der Waals surface area contributed by atoms with E-state index in [-0.39, 0.29) is 0 Å². The van der Waals surface area contributed by atoms with E-state index in [2.05, 4.69) is 26.0 Å². The molecule has 0 aliphatic carbocycles. The van der Waals surface area contributed by atoms with Crippen molar-refractivity contribution in [3.05, 3.63) is 40.1 Å². The van der Waals surface area contributed by atoms with E-state index >= 15 is 0 Å². The fourth-order valence-electron chi connectivity index (χ4n) is 1.53. The minimum Gasteiger partial charge on any atom is -0.496 e. The molecule has 1 aromatic heterocycles. The minimum absolute atomic E-state index is 0.359. The van der Waals surface area contributed by atoms with Gasteiger partial charge in [0, 0.05) is 10.0 Å². The predicted octanol–water partition coefficient (Wildman–Crippen LogP) is 2.43. The highest BCUT2D eigenvalue weighted by atomic mass is 79.9. The lowest BCUT2D eigenvalue weighted by molar-refractivity contribution is 0.414. The van der Waals surface area contributed by atoms with Crippen LogP contribution in [0.3, 0.4) is 0 Å². The van der Waals surface area contributed by atoms with Gasteiger partial charge in [-0.05, 0) is 25.1 Å². The van der Waals surface area contributed by atoms with Crippen LogP contribution in [0.2, 0.25) is 0 Å². The number of anilines is 1. The Balaban J connectivity index is 2.33. The molecule has 0 aliphatic rings. The van der Waals surface area contributed by atoms with Gasteiger partial charge in [0.2, 0.25) is 5.95 Å². The summed E-state index contributed by atoms with van der Waals surface area (Å²) in [4.78, 5) is 4.07. The summed E-state index contributed by atoms with van der Waals surface area (Å²) in [5.74, 6) is 1.11. The van der Waals surface area contributed by atoms with Crippen molar-refractivity contribution in [1.82, 2.24) is 9.66 Å².